The molecule has 2 amide bonds. The first kappa shape index (κ1) is 18.2. The van der Waals surface area contributed by atoms with Gasteiger partial charge in [0.25, 0.3) is 0 Å². The number of carbonyl (C=O) groups is 2. The molecule has 2 aliphatic rings. The molecule has 1 aliphatic carbocycles. The fourth-order valence-electron chi connectivity index (χ4n) is 3.46. The second-order valence-corrected chi connectivity index (χ2v) is 8.51. The molecule has 142 valence electrons. The number of rotatable bonds is 6. The van der Waals surface area contributed by atoms with Gasteiger partial charge in [0.15, 0.2) is 0 Å². The highest BCUT2D eigenvalue weighted by molar-refractivity contribution is 7.10. The molecule has 0 radical (unpaired) electrons. The Morgan fingerprint density at radius 2 is 2.00 bits per heavy atom. The number of thiophene rings is 1. The van der Waals surface area contributed by atoms with Crippen LogP contribution < -0.4 is 10.6 Å². The highest BCUT2D eigenvalue weighted by atomic mass is 32.1. The number of nitrogens with zero attached hydrogens (tertiary/aromatic N) is 1. The van der Waals surface area contributed by atoms with Crippen molar-refractivity contribution in [1.82, 2.24) is 10.2 Å². The first-order valence-electron chi connectivity index (χ1n) is 9.56. The predicted molar refractivity (Wildman–Crippen MR) is 108 cm³/mol. The standard InChI is InChI=1S/C21H25N3O2S/c1-14(15-4-6-18(7-5-15)23-21(26)16-2-3-16)22-20(25)13-24-10-8-19-17(12-24)9-11-27-19/h4-7,9,11,14,16H,2-3,8,10,12-13H2,1H3,(H,22,25)(H,23,26). The van der Waals surface area contributed by atoms with E-state index >= 15 is 0 Å². The SMILES string of the molecule is CC(NC(=O)CN1CCc2sccc2C1)c1ccc(NC(=O)C2CC2)cc1. The highest BCUT2D eigenvalue weighted by Gasteiger charge is 2.29. The van der Waals surface area contributed by atoms with Gasteiger partial charge in [-0.2, -0.15) is 0 Å². The molecule has 5 nitrogen and oxygen atoms in total. The summed E-state index contributed by atoms with van der Waals surface area (Å²) in [6.45, 7) is 4.21. The predicted octanol–water partition coefficient (Wildman–Crippen LogP) is 3.33. The number of benzene rings is 1. The van der Waals surface area contributed by atoms with E-state index in [1.54, 1.807) is 0 Å². The zero-order chi connectivity index (χ0) is 18.8. The third-order valence-electron chi connectivity index (χ3n) is 5.26. The Kier molecular flexibility index (Phi) is 5.27. The number of anilines is 1. The summed E-state index contributed by atoms with van der Waals surface area (Å²) in [6, 6.07) is 9.84. The van der Waals surface area contributed by atoms with Crippen LogP contribution in [-0.2, 0) is 22.6 Å². The maximum Gasteiger partial charge on any atom is 0.234 e. The Morgan fingerprint density at radius 1 is 1.22 bits per heavy atom. The van der Waals surface area contributed by atoms with Gasteiger partial charge in [0.1, 0.15) is 0 Å². The Labute approximate surface area is 163 Å². The minimum atomic E-state index is -0.0628. The van der Waals surface area contributed by atoms with Crippen molar-refractivity contribution in [2.45, 2.75) is 38.8 Å². The Bertz CT molecular complexity index is 826. The summed E-state index contributed by atoms with van der Waals surface area (Å²) >= 11 is 1.81. The molecule has 0 spiro atoms. The lowest BCUT2D eigenvalue weighted by molar-refractivity contribution is -0.123. The fourth-order valence-corrected chi connectivity index (χ4v) is 4.35. The number of hydrogen-bond donors (Lipinski definition) is 2. The lowest BCUT2D eigenvalue weighted by Crippen LogP contribution is -2.40. The van der Waals surface area contributed by atoms with E-state index in [1.807, 2.05) is 42.5 Å². The molecule has 1 aromatic heterocycles. The lowest BCUT2D eigenvalue weighted by Gasteiger charge is -2.26. The van der Waals surface area contributed by atoms with Crippen molar-refractivity contribution in [1.29, 1.82) is 0 Å². The molecule has 4 rings (SSSR count). The summed E-state index contributed by atoms with van der Waals surface area (Å²) in [5, 5.41) is 8.16. The third kappa shape index (κ3) is 4.57. The summed E-state index contributed by atoms with van der Waals surface area (Å²) in [5.41, 5.74) is 3.21. The van der Waals surface area contributed by atoms with Crippen LogP contribution >= 0.6 is 11.3 Å². The van der Waals surface area contributed by atoms with Gasteiger partial charge in [-0.25, -0.2) is 0 Å². The normalized spacial score (nSPS) is 17.8. The van der Waals surface area contributed by atoms with Crippen LogP contribution in [0.15, 0.2) is 35.7 Å². The van der Waals surface area contributed by atoms with Crippen molar-refractivity contribution in [3.63, 3.8) is 0 Å². The van der Waals surface area contributed by atoms with E-state index in [4.69, 9.17) is 0 Å². The Hall–Kier alpha value is -2.18. The monoisotopic (exact) mass is 383 g/mol. The first-order chi connectivity index (χ1) is 13.1. The van der Waals surface area contributed by atoms with Crippen LogP contribution in [0.5, 0.6) is 0 Å². The molecule has 2 aromatic rings. The molecule has 1 aromatic carbocycles. The van der Waals surface area contributed by atoms with Crippen LogP contribution in [-0.4, -0.2) is 29.8 Å². The Balaban J connectivity index is 1.27. The number of carbonyl (C=O) groups excluding carboxylic acids is 2. The van der Waals surface area contributed by atoms with Crippen LogP contribution in [0.25, 0.3) is 0 Å². The van der Waals surface area contributed by atoms with Gasteiger partial charge in [-0.15, -0.1) is 11.3 Å². The van der Waals surface area contributed by atoms with E-state index in [0.29, 0.717) is 6.54 Å². The van der Waals surface area contributed by atoms with Gasteiger partial charge in [0.2, 0.25) is 11.8 Å². The topological polar surface area (TPSA) is 61.4 Å². The van der Waals surface area contributed by atoms with Crippen molar-refractivity contribution in [2.24, 2.45) is 5.92 Å². The van der Waals surface area contributed by atoms with Crippen LogP contribution in [0.3, 0.4) is 0 Å². The van der Waals surface area contributed by atoms with E-state index in [9.17, 15) is 9.59 Å². The van der Waals surface area contributed by atoms with Gasteiger partial charge in [0.05, 0.1) is 12.6 Å². The summed E-state index contributed by atoms with van der Waals surface area (Å²) in [5.74, 6) is 0.356. The molecule has 1 unspecified atom stereocenters. The molecule has 0 saturated heterocycles. The van der Waals surface area contributed by atoms with Crippen LogP contribution in [0.2, 0.25) is 0 Å². The van der Waals surface area contributed by atoms with Crippen LogP contribution in [0, 0.1) is 5.92 Å². The average molecular weight is 384 g/mol. The zero-order valence-electron chi connectivity index (χ0n) is 15.5. The number of nitrogens with one attached hydrogen (secondary N) is 2. The molecule has 6 heteroatoms. The molecule has 1 atom stereocenters. The van der Waals surface area contributed by atoms with Crippen molar-refractivity contribution in [2.75, 3.05) is 18.4 Å². The summed E-state index contributed by atoms with van der Waals surface area (Å²) in [4.78, 5) is 27.9. The van der Waals surface area contributed by atoms with E-state index in [1.165, 1.54) is 10.4 Å². The van der Waals surface area contributed by atoms with Gasteiger partial charge in [-0.05, 0) is 60.9 Å². The average Bonchev–Trinajstić information content (AvgIpc) is 3.40. The molecule has 0 bridgehead atoms. The number of hydrogen-bond acceptors (Lipinski definition) is 4. The van der Waals surface area contributed by atoms with Crippen molar-refractivity contribution in [3.8, 4) is 0 Å². The van der Waals surface area contributed by atoms with E-state index in [0.717, 1.165) is 43.6 Å². The van der Waals surface area contributed by atoms with Crippen molar-refractivity contribution >= 4 is 28.8 Å². The number of fused-ring (bicyclic) bond motifs is 1. The highest BCUT2D eigenvalue weighted by Crippen LogP contribution is 2.30. The first-order valence-corrected chi connectivity index (χ1v) is 10.4. The van der Waals surface area contributed by atoms with E-state index in [-0.39, 0.29) is 23.8 Å². The maximum absolute atomic E-state index is 12.4. The summed E-state index contributed by atoms with van der Waals surface area (Å²) < 4.78 is 0. The lowest BCUT2D eigenvalue weighted by atomic mass is 10.1. The smallest absolute Gasteiger partial charge is 0.234 e. The molecule has 1 aliphatic heterocycles. The molecule has 27 heavy (non-hydrogen) atoms. The van der Waals surface area contributed by atoms with Crippen molar-refractivity contribution < 1.29 is 9.59 Å². The molecule has 2 N–H and O–H groups in total. The van der Waals surface area contributed by atoms with Gasteiger partial charge in [-0.1, -0.05) is 12.1 Å². The van der Waals surface area contributed by atoms with Gasteiger partial charge >= 0.3 is 0 Å². The molecule has 2 heterocycles. The molecule has 1 saturated carbocycles. The van der Waals surface area contributed by atoms with E-state index in [2.05, 4.69) is 27.0 Å². The van der Waals surface area contributed by atoms with E-state index < -0.39 is 0 Å². The minimum Gasteiger partial charge on any atom is -0.348 e. The Morgan fingerprint density at radius 3 is 2.74 bits per heavy atom. The maximum atomic E-state index is 12.4. The fraction of sp³-hybridized carbons (Fsp3) is 0.429. The zero-order valence-corrected chi connectivity index (χ0v) is 16.3. The number of amides is 2. The second-order valence-electron chi connectivity index (χ2n) is 7.50. The summed E-state index contributed by atoms with van der Waals surface area (Å²) in [7, 11) is 0. The third-order valence-corrected chi connectivity index (χ3v) is 6.28. The van der Waals surface area contributed by atoms with Gasteiger partial charge in [0, 0.05) is 29.6 Å². The van der Waals surface area contributed by atoms with Crippen LogP contribution in [0.1, 0.15) is 41.8 Å². The van der Waals surface area contributed by atoms with Crippen LogP contribution in [0.4, 0.5) is 5.69 Å². The molecular weight excluding hydrogens is 358 g/mol. The molecule has 1 fully saturated rings. The van der Waals surface area contributed by atoms with Gasteiger partial charge < -0.3 is 10.6 Å². The molecular formula is C21H25N3O2S. The quantitative estimate of drug-likeness (QED) is 0.804. The van der Waals surface area contributed by atoms with Gasteiger partial charge in [-0.3, -0.25) is 14.5 Å². The summed E-state index contributed by atoms with van der Waals surface area (Å²) in [6.07, 6.45) is 3.03. The largest absolute Gasteiger partial charge is 0.348 e. The minimum absolute atomic E-state index is 0.0484. The van der Waals surface area contributed by atoms with Crippen molar-refractivity contribution in [3.05, 3.63) is 51.7 Å². The second kappa shape index (κ2) is 7.82.